The van der Waals surface area contributed by atoms with E-state index in [4.69, 9.17) is 10.5 Å². The molecule has 1 aliphatic carbocycles. The van der Waals surface area contributed by atoms with E-state index in [1.54, 1.807) is 0 Å². The van der Waals surface area contributed by atoms with E-state index in [9.17, 15) is 4.79 Å². The molecule has 1 saturated heterocycles. The number of nitrogens with zero attached hydrogens (tertiary/aromatic N) is 2. The zero-order valence-electron chi connectivity index (χ0n) is 13.5. The molecule has 1 aliphatic heterocycles. The van der Waals surface area contributed by atoms with E-state index >= 15 is 0 Å². The Morgan fingerprint density at radius 1 is 1.18 bits per heavy atom. The number of rotatable bonds is 6. The summed E-state index contributed by atoms with van der Waals surface area (Å²) in [6.45, 7) is 8.21. The van der Waals surface area contributed by atoms with Gasteiger partial charge in [0.15, 0.2) is 0 Å². The van der Waals surface area contributed by atoms with Gasteiger partial charge in [-0.3, -0.25) is 9.69 Å². The fraction of sp³-hybridized carbons (Fsp3) is 0.933. The largest absolute Gasteiger partial charge is 0.380 e. The maximum absolute atomic E-state index is 12.3. The fourth-order valence-corrected chi connectivity index (χ4v) is 3.23. The summed E-state index contributed by atoms with van der Waals surface area (Å²) in [4.78, 5) is 16.7. The van der Waals surface area contributed by atoms with Crippen molar-refractivity contribution in [1.82, 2.24) is 9.80 Å². The molecule has 2 N–H and O–H groups in total. The lowest BCUT2D eigenvalue weighted by Gasteiger charge is -2.35. The van der Waals surface area contributed by atoms with Crippen molar-refractivity contribution >= 4 is 30.7 Å². The highest BCUT2D eigenvalue weighted by Crippen LogP contribution is 2.27. The summed E-state index contributed by atoms with van der Waals surface area (Å²) in [6.07, 6.45) is 4.05. The molecule has 0 radical (unpaired) electrons. The summed E-state index contributed by atoms with van der Waals surface area (Å²) < 4.78 is 5.37. The summed E-state index contributed by atoms with van der Waals surface area (Å²) in [5, 5.41) is 0. The first-order valence-electron chi connectivity index (χ1n) is 8.04. The topological polar surface area (TPSA) is 58.8 Å². The molecule has 2 fully saturated rings. The van der Waals surface area contributed by atoms with Crippen LogP contribution in [0.1, 0.15) is 32.6 Å². The molecule has 0 unspecified atom stereocenters. The number of nitrogens with two attached hydrogens (primary N) is 1. The van der Waals surface area contributed by atoms with E-state index in [2.05, 4.69) is 4.90 Å². The van der Waals surface area contributed by atoms with Crippen LogP contribution in [-0.2, 0) is 9.53 Å². The first-order valence-corrected chi connectivity index (χ1v) is 8.04. The van der Waals surface area contributed by atoms with Gasteiger partial charge in [-0.2, -0.15) is 0 Å². The van der Waals surface area contributed by atoms with Gasteiger partial charge in [0.2, 0.25) is 5.91 Å². The summed E-state index contributed by atoms with van der Waals surface area (Å²) in [6, 6.07) is 0.242. The number of piperazine rings is 1. The SMILES string of the molecule is CCOCCN1CCN(C(=O)C[C@@H]2CCC[C@H]2N)CC1.Cl.Cl. The van der Waals surface area contributed by atoms with E-state index in [1.807, 2.05) is 11.8 Å². The van der Waals surface area contributed by atoms with Gasteiger partial charge < -0.3 is 15.4 Å². The fourth-order valence-electron chi connectivity index (χ4n) is 3.23. The minimum absolute atomic E-state index is 0. The molecule has 2 rings (SSSR count). The van der Waals surface area contributed by atoms with Crippen LogP contribution in [0.2, 0.25) is 0 Å². The zero-order chi connectivity index (χ0) is 14.4. The van der Waals surface area contributed by atoms with Gasteiger partial charge in [-0.25, -0.2) is 0 Å². The highest BCUT2D eigenvalue weighted by Gasteiger charge is 2.29. The summed E-state index contributed by atoms with van der Waals surface area (Å²) in [5.74, 6) is 0.718. The average molecular weight is 356 g/mol. The predicted octanol–water partition coefficient (Wildman–Crippen LogP) is 1.53. The van der Waals surface area contributed by atoms with Crippen LogP contribution in [0.4, 0.5) is 0 Å². The van der Waals surface area contributed by atoms with Crippen molar-refractivity contribution in [2.45, 2.75) is 38.6 Å². The molecular weight excluding hydrogens is 325 g/mol. The third kappa shape index (κ3) is 6.59. The lowest BCUT2D eigenvalue weighted by atomic mass is 9.99. The lowest BCUT2D eigenvalue weighted by molar-refractivity contribution is -0.134. The van der Waals surface area contributed by atoms with Crippen LogP contribution in [0.5, 0.6) is 0 Å². The van der Waals surface area contributed by atoms with Crippen molar-refractivity contribution in [3.05, 3.63) is 0 Å². The average Bonchev–Trinajstić information content (AvgIpc) is 2.85. The van der Waals surface area contributed by atoms with Gasteiger partial charge in [0.05, 0.1) is 6.61 Å². The molecule has 1 amide bonds. The Bertz CT molecular complexity index is 313. The van der Waals surface area contributed by atoms with E-state index < -0.39 is 0 Å². The van der Waals surface area contributed by atoms with Gasteiger partial charge in [0.1, 0.15) is 0 Å². The molecule has 0 aromatic rings. The van der Waals surface area contributed by atoms with Crippen LogP contribution >= 0.6 is 24.8 Å². The molecule has 132 valence electrons. The molecule has 0 bridgehead atoms. The van der Waals surface area contributed by atoms with E-state index in [0.717, 1.165) is 58.8 Å². The van der Waals surface area contributed by atoms with Gasteiger partial charge in [-0.05, 0) is 25.7 Å². The van der Waals surface area contributed by atoms with Crippen molar-refractivity contribution in [2.24, 2.45) is 11.7 Å². The highest BCUT2D eigenvalue weighted by atomic mass is 35.5. The van der Waals surface area contributed by atoms with Crippen molar-refractivity contribution in [3.8, 4) is 0 Å². The lowest BCUT2D eigenvalue weighted by Crippen LogP contribution is -2.50. The molecule has 5 nitrogen and oxygen atoms in total. The van der Waals surface area contributed by atoms with Crippen LogP contribution in [0.15, 0.2) is 0 Å². The molecule has 2 aliphatic rings. The Morgan fingerprint density at radius 2 is 1.86 bits per heavy atom. The summed E-state index contributed by atoms with van der Waals surface area (Å²) in [7, 11) is 0. The van der Waals surface area contributed by atoms with Crippen LogP contribution in [0.3, 0.4) is 0 Å². The van der Waals surface area contributed by atoms with Crippen molar-refractivity contribution < 1.29 is 9.53 Å². The van der Waals surface area contributed by atoms with E-state index in [-0.39, 0.29) is 30.9 Å². The summed E-state index contributed by atoms with van der Waals surface area (Å²) >= 11 is 0. The second-order valence-corrected chi connectivity index (χ2v) is 5.98. The first-order chi connectivity index (χ1) is 9.70. The van der Waals surface area contributed by atoms with E-state index in [1.165, 1.54) is 6.42 Å². The second kappa shape index (κ2) is 11.5. The Morgan fingerprint density at radius 3 is 2.41 bits per heavy atom. The third-order valence-corrected chi connectivity index (χ3v) is 4.64. The molecule has 0 aromatic heterocycles. The van der Waals surface area contributed by atoms with Gasteiger partial charge in [-0.15, -0.1) is 24.8 Å². The maximum Gasteiger partial charge on any atom is 0.222 e. The Kier molecular flexibility index (Phi) is 11.4. The number of halogens is 2. The number of hydrogen-bond acceptors (Lipinski definition) is 4. The molecule has 0 aromatic carbocycles. The van der Waals surface area contributed by atoms with Gasteiger partial charge in [-0.1, -0.05) is 6.42 Å². The number of ether oxygens (including phenoxy) is 1. The minimum atomic E-state index is 0. The monoisotopic (exact) mass is 355 g/mol. The van der Waals surface area contributed by atoms with Crippen LogP contribution in [-0.4, -0.2) is 67.7 Å². The molecule has 22 heavy (non-hydrogen) atoms. The summed E-state index contributed by atoms with van der Waals surface area (Å²) in [5.41, 5.74) is 6.05. The zero-order valence-corrected chi connectivity index (χ0v) is 15.2. The number of carbonyl (C=O) groups is 1. The number of carbonyl (C=O) groups excluding carboxylic acids is 1. The minimum Gasteiger partial charge on any atom is -0.380 e. The molecule has 2 atom stereocenters. The standard InChI is InChI=1S/C15H29N3O2.2ClH/c1-2-20-11-10-17-6-8-18(9-7-17)15(19)12-13-4-3-5-14(13)16;;/h13-14H,2-12,16H2,1H3;2*1H/t13-,14+;;/m0../s1. The van der Waals surface area contributed by atoms with Crippen molar-refractivity contribution in [2.75, 3.05) is 45.9 Å². The highest BCUT2D eigenvalue weighted by molar-refractivity contribution is 5.85. The van der Waals surface area contributed by atoms with Crippen molar-refractivity contribution in [1.29, 1.82) is 0 Å². The molecular formula is C15H31Cl2N3O2. The van der Waals surface area contributed by atoms with Crippen LogP contribution in [0.25, 0.3) is 0 Å². The predicted molar refractivity (Wildman–Crippen MR) is 93.9 cm³/mol. The normalized spacial score (nSPS) is 25.5. The number of amides is 1. The Hall–Kier alpha value is -0.0700. The van der Waals surface area contributed by atoms with Crippen LogP contribution in [0, 0.1) is 5.92 Å². The third-order valence-electron chi connectivity index (χ3n) is 4.64. The van der Waals surface area contributed by atoms with Crippen molar-refractivity contribution in [3.63, 3.8) is 0 Å². The van der Waals surface area contributed by atoms with Gasteiger partial charge in [0.25, 0.3) is 0 Å². The molecule has 1 heterocycles. The Balaban J connectivity index is 0.00000220. The van der Waals surface area contributed by atoms with Gasteiger partial charge >= 0.3 is 0 Å². The van der Waals surface area contributed by atoms with E-state index in [0.29, 0.717) is 18.2 Å². The smallest absolute Gasteiger partial charge is 0.222 e. The molecule has 7 heteroatoms. The number of hydrogen-bond donors (Lipinski definition) is 1. The molecule has 1 saturated carbocycles. The maximum atomic E-state index is 12.3. The molecule has 0 spiro atoms. The van der Waals surface area contributed by atoms with Gasteiger partial charge in [0, 0.05) is 51.8 Å². The quantitative estimate of drug-likeness (QED) is 0.734. The Labute approximate surface area is 146 Å². The first kappa shape index (κ1) is 21.9. The van der Waals surface area contributed by atoms with Crippen LogP contribution < -0.4 is 5.73 Å². The second-order valence-electron chi connectivity index (χ2n) is 5.98.